The second-order valence-corrected chi connectivity index (χ2v) is 4.32. The lowest BCUT2D eigenvalue weighted by atomic mass is 10.1. The van der Waals surface area contributed by atoms with Gasteiger partial charge in [-0.05, 0) is 35.4 Å². The summed E-state index contributed by atoms with van der Waals surface area (Å²) in [5.74, 6) is 0. The molecule has 88 valence electrons. The van der Waals surface area contributed by atoms with Gasteiger partial charge in [-0.25, -0.2) is 0 Å². The summed E-state index contributed by atoms with van der Waals surface area (Å²) < 4.78 is 0. The molecule has 2 rings (SSSR count). The van der Waals surface area contributed by atoms with Crippen molar-refractivity contribution in [3.8, 4) is 0 Å². The summed E-state index contributed by atoms with van der Waals surface area (Å²) in [5, 5.41) is 4.09. The number of anilines is 1. The van der Waals surface area contributed by atoms with Gasteiger partial charge in [0.15, 0.2) is 0 Å². The van der Waals surface area contributed by atoms with Crippen LogP contribution in [0.1, 0.15) is 11.1 Å². The molecule has 3 N–H and O–H groups in total. The number of hydrogen-bond acceptors (Lipinski definition) is 2. The molecule has 0 fully saturated rings. The van der Waals surface area contributed by atoms with Crippen molar-refractivity contribution in [2.24, 2.45) is 5.73 Å². The summed E-state index contributed by atoms with van der Waals surface area (Å²) in [6, 6.07) is 15.9. The van der Waals surface area contributed by atoms with E-state index in [1.807, 2.05) is 36.4 Å². The Balaban J connectivity index is 1.99. The van der Waals surface area contributed by atoms with Crippen LogP contribution in [0.4, 0.5) is 5.69 Å². The molecule has 0 aliphatic heterocycles. The number of benzene rings is 2. The third kappa shape index (κ3) is 3.48. The number of halogens is 1. The molecule has 0 aromatic heterocycles. The SMILES string of the molecule is NCc1cccc(CNc2ccc(Cl)cc2)c1. The lowest BCUT2D eigenvalue weighted by molar-refractivity contribution is 1.05. The first-order valence-electron chi connectivity index (χ1n) is 5.55. The fraction of sp³-hybridized carbons (Fsp3) is 0.143. The van der Waals surface area contributed by atoms with Gasteiger partial charge in [0.1, 0.15) is 0 Å². The summed E-state index contributed by atoms with van der Waals surface area (Å²) in [6.45, 7) is 1.37. The van der Waals surface area contributed by atoms with Crippen molar-refractivity contribution in [1.82, 2.24) is 0 Å². The molecular weight excluding hydrogens is 232 g/mol. The highest BCUT2D eigenvalue weighted by molar-refractivity contribution is 6.30. The molecule has 0 aliphatic carbocycles. The summed E-state index contributed by atoms with van der Waals surface area (Å²) in [7, 11) is 0. The van der Waals surface area contributed by atoms with Crippen LogP contribution >= 0.6 is 11.6 Å². The predicted octanol–water partition coefficient (Wildman–Crippen LogP) is 3.41. The average molecular weight is 247 g/mol. The van der Waals surface area contributed by atoms with Crippen LogP contribution in [0.25, 0.3) is 0 Å². The maximum Gasteiger partial charge on any atom is 0.0407 e. The first-order valence-corrected chi connectivity index (χ1v) is 5.93. The van der Waals surface area contributed by atoms with Crippen LogP contribution in [0.15, 0.2) is 48.5 Å². The monoisotopic (exact) mass is 246 g/mol. The molecule has 0 amide bonds. The zero-order valence-electron chi connectivity index (χ0n) is 9.49. The summed E-state index contributed by atoms with van der Waals surface area (Å²) in [6.07, 6.45) is 0. The molecule has 0 unspecified atom stereocenters. The van der Waals surface area contributed by atoms with Gasteiger partial charge in [-0.2, -0.15) is 0 Å². The van der Waals surface area contributed by atoms with E-state index >= 15 is 0 Å². The third-order valence-electron chi connectivity index (χ3n) is 2.57. The lowest BCUT2D eigenvalue weighted by Gasteiger charge is -2.07. The minimum Gasteiger partial charge on any atom is -0.381 e. The molecule has 0 bridgehead atoms. The molecule has 0 aliphatic rings. The van der Waals surface area contributed by atoms with Crippen molar-refractivity contribution in [2.45, 2.75) is 13.1 Å². The summed E-state index contributed by atoms with van der Waals surface area (Å²) in [4.78, 5) is 0. The van der Waals surface area contributed by atoms with E-state index in [0.29, 0.717) is 6.54 Å². The van der Waals surface area contributed by atoms with E-state index in [2.05, 4.69) is 17.4 Å². The third-order valence-corrected chi connectivity index (χ3v) is 2.82. The summed E-state index contributed by atoms with van der Waals surface area (Å²) in [5.41, 5.74) is 9.05. The highest BCUT2D eigenvalue weighted by Gasteiger charge is 1.96. The number of nitrogens with two attached hydrogens (primary N) is 1. The van der Waals surface area contributed by atoms with Crippen LogP contribution in [-0.2, 0) is 13.1 Å². The minimum atomic E-state index is 0.578. The second kappa shape index (κ2) is 5.71. The quantitative estimate of drug-likeness (QED) is 0.868. The molecule has 0 saturated carbocycles. The molecule has 0 spiro atoms. The Bertz CT molecular complexity index is 480. The van der Waals surface area contributed by atoms with Gasteiger partial charge in [0, 0.05) is 23.8 Å². The van der Waals surface area contributed by atoms with Crippen molar-refractivity contribution in [2.75, 3.05) is 5.32 Å². The van der Waals surface area contributed by atoms with Gasteiger partial charge in [0.25, 0.3) is 0 Å². The van der Waals surface area contributed by atoms with E-state index in [9.17, 15) is 0 Å². The Morgan fingerprint density at radius 1 is 1.00 bits per heavy atom. The van der Waals surface area contributed by atoms with Crippen LogP contribution in [0, 0.1) is 0 Å². The second-order valence-electron chi connectivity index (χ2n) is 3.88. The van der Waals surface area contributed by atoms with Gasteiger partial charge in [0.05, 0.1) is 0 Å². The average Bonchev–Trinajstić information content (AvgIpc) is 2.38. The van der Waals surface area contributed by atoms with Crippen LogP contribution in [0.2, 0.25) is 5.02 Å². The van der Waals surface area contributed by atoms with Crippen molar-refractivity contribution in [3.63, 3.8) is 0 Å². The van der Waals surface area contributed by atoms with Gasteiger partial charge >= 0.3 is 0 Å². The van der Waals surface area contributed by atoms with Gasteiger partial charge in [-0.1, -0.05) is 35.9 Å². The smallest absolute Gasteiger partial charge is 0.0407 e. The van der Waals surface area contributed by atoms with E-state index < -0.39 is 0 Å². The van der Waals surface area contributed by atoms with E-state index in [-0.39, 0.29) is 0 Å². The first kappa shape index (κ1) is 12.0. The highest BCUT2D eigenvalue weighted by Crippen LogP contribution is 2.14. The molecule has 0 radical (unpaired) electrons. The Labute approximate surface area is 106 Å². The summed E-state index contributed by atoms with van der Waals surface area (Å²) >= 11 is 5.83. The molecule has 2 aromatic rings. The van der Waals surface area contributed by atoms with E-state index in [1.54, 1.807) is 0 Å². The lowest BCUT2D eigenvalue weighted by Crippen LogP contribution is -2.01. The Hall–Kier alpha value is -1.51. The Kier molecular flexibility index (Phi) is 4.02. The number of hydrogen-bond donors (Lipinski definition) is 2. The van der Waals surface area contributed by atoms with Crippen molar-refractivity contribution >= 4 is 17.3 Å². The molecule has 17 heavy (non-hydrogen) atoms. The Morgan fingerprint density at radius 3 is 2.41 bits per heavy atom. The van der Waals surface area contributed by atoms with Crippen LogP contribution in [-0.4, -0.2) is 0 Å². The van der Waals surface area contributed by atoms with Crippen LogP contribution in [0.5, 0.6) is 0 Å². The molecule has 0 saturated heterocycles. The van der Waals surface area contributed by atoms with Crippen LogP contribution in [0.3, 0.4) is 0 Å². The van der Waals surface area contributed by atoms with Crippen molar-refractivity contribution in [1.29, 1.82) is 0 Å². The maximum atomic E-state index is 5.83. The fourth-order valence-corrected chi connectivity index (χ4v) is 1.76. The van der Waals surface area contributed by atoms with Gasteiger partial charge in [-0.3, -0.25) is 0 Å². The van der Waals surface area contributed by atoms with Crippen LogP contribution < -0.4 is 11.1 Å². The normalized spacial score (nSPS) is 10.2. The molecule has 2 nitrogen and oxygen atoms in total. The minimum absolute atomic E-state index is 0.578. The van der Waals surface area contributed by atoms with E-state index in [1.165, 1.54) is 5.56 Å². The maximum absolute atomic E-state index is 5.83. The molecular formula is C14H15ClN2. The zero-order chi connectivity index (χ0) is 12.1. The predicted molar refractivity (Wildman–Crippen MR) is 73.1 cm³/mol. The zero-order valence-corrected chi connectivity index (χ0v) is 10.2. The van der Waals surface area contributed by atoms with Crippen molar-refractivity contribution in [3.05, 3.63) is 64.7 Å². The molecule has 2 aromatic carbocycles. The topological polar surface area (TPSA) is 38.0 Å². The largest absolute Gasteiger partial charge is 0.381 e. The highest BCUT2D eigenvalue weighted by atomic mass is 35.5. The standard InChI is InChI=1S/C14H15ClN2/c15-13-4-6-14(7-5-13)17-10-12-3-1-2-11(8-12)9-16/h1-8,17H,9-10,16H2. The molecule has 3 heteroatoms. The van der Waals surface area contributed by atoms with Crippen molar-refractivity contribution < 1.29 is 0 Å². The van der Waals surface area contributed by atoms with Gasteiger partial charge in [0.2, 0.25) is 0 Å². The Morgan fingerprint density at radius 2 is 1.71 bits per heavy atom. The van der Waals surface area contributed by atoms with E-state index in [0.717, 1.165) is 22.8 Å². The molecule has 0 heterocycles. The van der Waals surface area contributed by atoms with Gasteiger partial charge < -0.3 is 11.1 Å². The fourth-order valence-electron chi connectivity index (χ4n) is 1.64. The molecule has 0 atom stereocenters. The number of nitrogens with one attached hydrogen (secondary N) is 1. The first-order chi connectivity index (χ1) is 8.28. The van der Waals surface area contributed by atoms with Gasteiger partial charge in [-0.15, -0.1) is 0 Å². The van der Waals surface area contributed by atoms with E-state index in [4.69, 9.17) is 17.3 Å². The number of rotatable bonds is 4.